The van der Waals surface area contributed by atoms with Gasteiger partial charge in [0.2, 0.25) is 15.9 Å². The van der Waals surface area contributed by atoms with Crippen molar-refractivity contribution in [2.24, 2.45) is 0 Å². The molecule has 1 aliphatic rings. The first-order valence-electron chi connectivity index (χ1n) is 12.6. The number of aromatic nitrogens is 3. The largest absolute Gasteiger partial charge is 0.573 e. The number of hydrogen-bond acceptors (Lipinski definition) is 10. The van der Waals surface area contributed by atoms with E-state index < -0.39 is 46.2 Å². The second-order valence-electron chi connectivity index (χ2n) is 9.33. The zero-order valence-electron chi connectivity index (χ0n) is 22.3. The van der Waals surface area contributed by atoms with E-state index in [1.54, 1.807) is 11.1 Å². The number of alkyl halides is 6. The maximum absolute atomic E-state index is 13.7. The monoisotopic (exact) mass is 740 g/mol. The molecule has 1 amide bonds. The van der Waals surface area contributed by atoms with E-state index in [9.17, 15) is 39.6 Å². The van der Waals surface area contributed by atoms with Crippen LogP contribution in [0.2, 0.25) is 0 Å². The third kappa shape index (κ3) is 8.10. The highest BCUT2D eigenvalue weighted by molar-refractivity contribution is 9.10. The van der Waals surface area contributed by atoms with Gasteiger partial charge < -0.3 is 19.7 Å². The highest BCUT2D eigenvalue weighted by atomic mass is 79.9. The van der Waals surface area contributed by atoms with E-state index in [-0.39, 0.29) is 31.1 Å². The molecule has 11 nitrogen and oxygen atoms in total. The van der Waals surface area contributed by atoms with E-state index in [1.165, 1.54) is 23.5 Å². The van der Waals surface area contributed by atoms with Crippen molar-refractivity contribution in [3.8, 4) is 11.5 Å². The van der Waals surface area contributed by atoms with Gasteiger partial charge in [0.05, 0.1) is 15.8 Å². The van der Waals surface area contributed by atoms with E-state index in [2.05, 4.69) is 45.7 Å². The molecule has 0 saturated carbocycles. The van der Waals surface area contributed by atoms with Crippen LogP contribution >= 0.6 is 27.3 Å². The molecule has 3 heterocycles. The van der Waals surface area contributed by atoms with Crippen LogP contribution in [0.15, 0.2) is 64.4 Å². The lowest BCUT2D eigenvalue weighted by Gasteiger charge is -2.39. The Kier molecular flexibility index (Phi) is 9.11. The molecule has 0 spiro atoms. The molecule has 1 atom stereocenters. The van der Waals surface area contributed by atoms with Gasteiger partial charge in [0.1, 0.15) is 17.5 Å². The summed E-state index contributed by atoms with van der Waals surface area (Å²) in [6.45, 7) is -0.416. The molecular weight excluding hydrogens is 722 g/mol. The number of sulfonamides is 1. The molecule has 5 rings (SSSR count). The second-order valence-corrected chi connectivity index (χ2v) is 12.9. The average Bonchev–Trinajstić information content (AvgIpc) is 3.38. The lowest BCUT2D eigenvalue weighted by molar-refractivity contribution is -0.275. The smallest absolute Gasteiger partial charge is 0.406 e. The van der Waals surface area contributed by atoms with Crippen molar-refractivity contribution in [3.63, 3.8) is 0 Å². The summed E-state index contributed by atoms with van der Waals surface area (Å²) in [5, 5.41) is 3.05. The molecule has 1 N–H and O–H groups in total. The maximum Gasteiger partial charge on any atom is 0.573 e. The third-order valence-electron chi connectivity index (χ3n) is 6.30. The minimum absolute atomic E-state index is 0.105. The summed E-state index contributed by atoms with van der Waals surface area (Å²) in [5.41, 5.74) is 0.780. The SMILES string of the molecule is O=C(NCc1ccc(OC(F)(F)F)cc1)[C@H]1CN(c2nc3nc(Br)ncc3s2)CCN1S(=O)(=O)c1ccc(OC(F)(F)F)cc1. The highest BCUT2D eigenvalue weighted by Crippen LogP contribution is 2.32. The normalized spacial score (nSPS) is 16.5. The van der Waals surface area contributed by atoms with Crippen molar-refractivity contribution in [1.29, 1.82) is 0 Å². The Balaban J connectivity index is 1.38. The number of anilines is 1. The van der Waals surface area contributed by atoms with Crippen molar-refractivity contribution in [2.45, 2.75) is 30.2 Å². The molecule has 45 heavy (non-hydrogen) atoms. The Morgan fingerprint density at radius 1 is 0.956 bits per heavy atom. The van der Waals surface area contributed by atoms with Gasteiger partial charge in [-0.3, -0.25) is 4.79 Å². The summed E-state index contributed by atoms with van der Waals surface area (Å²) in [4.78, 5) is 27.6. The van der Waals surface area contributed by atoms with E-state index >= 15 is 0 Å². The number of fused-ring (bicyclic) bond motifs is 1. The van der Waals surface area contributed by atoms with Crippen LogP contribution in [0.4, 0.5) is 31.5 Å². The number of halogens is 7. The summed E-state index contributed by atoms with van der Waals surface area (Å²) in [6.07, 6.45) is -8.31. The first-order chi connectivity index (χ1) is 21.1. The van der Waals surface area contributed by atoms with E-state index in [1.807, 2.05) is 0 Å². The van der Waals surface area contributed by atoms with Crippen molar-refractivity contribution in [3.05, 3.63) is 65.0 Å². The quantitative estimate of drug-likeness (QED) is 0.200. The molecule has 0 aliphatic carbocycles. The topological polar surface area (TPSA) is 127 Å². The maximum atomic E-state index is 13.7. The molecule has 240 valence electrons. The number of nitrogens with zero attached hydrogens (tertiary/aromatic N) is 5. The third-order valence-corrected chi connectivity index (χ3v) is 9.65. The molecule has 2 aromatic carbocycles. The average molecular weight is 741 g/mol. The van der Waals surface area contributed by atoms with Crippen LogP contribution in [0.25, 0.3) is 10.3 Å². The zero-order chi connectivity index (χ0) is 32.6. The van der Waals surface area contributed by atoms with Crippen molar-refractivity contribution in [1.82, 2.24) is 24.6 Å². The number of hydrogen-bond donors (Lipinski definition) is 1. The van der Waals surface area contributed by atoms with Crippen LogP contribution in [0.5, 0.6) is 11.5 Å². The molecule has 0 unspecified atom stereocenters. The van der Waals surface area contributed by atoms with Gasteiger partial charge in [0, 0.05) is 26.2 Å². The summed E-state index contributed by atoms with van der Waals surface area (Å²) < 4.78 is 112. The first-order valence-corrected chi connectivity index (χ1v) is 15.7. The van der Waals surface area contributed by atoms with E-state index in [4.69, 9.17) is 0 Å². The standard InChI is InChI=1S/C25H19BrF6N6O5S2/c26-22-34-12-19-20(35-22)36-23(44-19)37-9-10-38(45(40,41)17-7-5-16(6-8-17)43-25(30,31)32)18(13-37)21(39)33-11-14-1-3-15(4-2-14)42-24(27,28)29/h1-8,12,18H,9-11,13H2,(H,33,39)/t18-/m1/s1. The molecule has 4 aromatic rings. The summed E-state index contributed by atoms with van der Waals surface area (Å²) in [5.74, 6) is -1.82. The van der Waals surface area contributed by atoms with Crippen LogP contribution in [0.1, 0.15) is 5.56 Å². The van der Waals surface area contributed by atoms with Gasteiger partial charge in [0.25, 0.3) is 0 Å². The number of rotatable bonds is 8. The predicted molar refractivity (Wildman–Crippen MR) is 151 cm³/mol. The summed E-state index contributed by atoms with van der Waals surface area (Å²) in [7, 11) is -4.42. The predicted octanol–water partition coefficient (Wildman–Crippen LogP) is 4.84. The van der Waals surface area contributed by atoms with Crippen LogP contribution < -0.4 is 19.7 Å². The Morgan fingerprint density at radius 2 is 1.56 bits per heavy atom. The molecule has 0 bridgehead atoms. The van der Waals surface area contributed by atoms with Crippen LogP contribution in [-0.2, 0) is 21.4 Å². The number of amides is 1. The Labute approximate surface area is 263 Å². The highest BCUT2D eigenvalue weighted by Gasteiger charge is 2.41. The Hall–Kier alpha value is -3.75. The fraction of sp³-hybridized carbons (Fsp3) is 0.280. The van der Waals surface area contributed by atoms with Gasteiger partial charge in [-0.15, -0.1) is 26.3 Å². The summed E-state index contributed by atoms with van der Waals surface area (Å²) >= 11 is 4.40. The number of benzene rings is 2. The van der Waals surface area contributed by atoms with Gasteiger partial charge >= 0.3 is 12.7 Å². The minimum atomic E-state index is -4.98. The molecule has 1 saturated heterocycles. The number of ether oxygens (including phenoxy) is 2. The fourth-order valence-corrected chi connectivity index (χ4v) is 7.10. The minimum Gasteiger partial charge on any atom is -0.406 e. The van der Waals surface area contributed by atoms with Gasteiger partial charge in [-0.1, -0.05) is 23.5 Å². The van der Waals surface area contributed by atoms with Crippen LogP contribution in [-0.4, -0.2) is 72.0 Å². The van der Waals surface area contributed by atoms with Crippen molar-refractivity contribution in [2.75, 3.05) is 24.5 Å². The van der Waals surface area contributed by atoms with Gasteiger partial charge in [-0.25, -0.2) is 18.4 Å². The lowest BCUT2D eigenvalue weighted by atomic mass is 10.1. The molecule has 1 aliphatic heterocycles. The Bertz CT molecular complexity index is 1790. The first kappa shape index (κ1) is 32.6. The second kappa shape index (κ2) is 12.6. The van der Waals surface area contributed by atoms with E-state index in [0.717, 1.165) is 40.7 Å². The van der Waals surface area contributed by atoms with Gasteiger partial charge in [-0.05, 0) is 57.9 Å². The molecule has 2 aromatic heterocycles. The fourth-order valence-electron chi connectivity index (χ4n) is 4.35. The summed E-state index contributed by atoms with van der Waals surface area (Å²) in [6, 6.07) is 6.95. The molecule has 1 fully saturated rings. The van der Waals surface area contributed by atoms with Gasteiger partial charge in [0.15, 0.2) is 15.5 Å². The number of carbonyl (C=O) groups is 1. The van der Waals surface area contributed by atoms with Gasteiger partial charge in [-0.2, -0.15) is 9.29 Å². The van der Waals surface area contributed by atoms with Crippen LogP contribution in [0.3, 0.4) is 0 Å². The Morgan fingerprint density at radius 3 is 2.16 bits per heavy atom. The molecular formula is C25H19BrF6N6O5S2. The van der Waals surface area contributed by atoms with E-state index in [0.29, 0.717) is 25.8 Å². The number of thiazole rings is 1. The van der Waals surface area contributed by atoms with Crippen LogP contribution in [0, 0.1) is 0 Å². The number of carbonyl (C=O) groups excluding carboxylic acids is 1. The van der Waals surface area contributed by atoms with Crippen molar-refractivity contribution >= 4 is 58.7 Å². The van der Waals surface area contributed by atoms with Crippen molar-refractivity contribution < 1.29 is 49.0 Å². The molecule has 20 heteroatoms. The number of piperazine rings is 1. The lowest BCUT2D eigenvalue weighted by Crippen LogP contribution is -2.60. The zero-order valence-corrected chi connectivity index (χ0v) is 25.6. The number of nitrogens with one attached hydrogen (secondary N) is 1. The molecule has 0 radical (unpaired) electrons.